The van der Waals surface area contributed by atoms with Crippen molar-refractivity contribution < 1.29 is 0 Å². The molecule has 4 N–H and O–H groups in total. The zero-order valence-corrected chi connectivity index (χ0v) is 16.0. The van der Waals surface area contributed by atoms with Gasteiger partial charge in [0, 0.05) is 17.6 Å². The molecule has 25 heavy (non-hydrogen) atoms. The number of amidine groups is 1. The number of aliphatic imine (C=N–C) groups is 1. The van der Waals surface area contributed by atoms with Gasteiger partial charge in [0.15, 0.2) is 10.3 Å². The number of aromatic nitrogens is 1. The molecule has 0 aliphatic carbocycles. The third-order valence-corrected chi connectivity index (χ3v) is 5.13. The van der Waals surface area contributed by atoms with Gasteiger partial charge in [0.25, 0.3) is 0 Å². The van der Waals surface area contributed by atoms with Crippen molar-refractivity contribution in [3.05, 3.63) is 53.2 Å². The van der Waals surface area contributed by atoms with Gasteiger partial charge >= 0.3 is 0 Å². The third kappa shape index (κ3) is 4.62. The molecule has 0 radical (unpaired) electrons. The number of thioether (sulfide) groups is 1. The smallest absolute Gasteiger partial charge is 0.176 e. The molecule has 0 spiro atoms. The van der Waals surface area contributed by atoms with Gasteiger partial charge in [0.2, 0.25) is 0 Å². The maximum Gasteiger partial charge on any atom is 0.176 e. The summed E-state index contributed by atoms with van der Waals surface area (Å²) in [5, 5.41) is 7.88. The quantitative estimate of drug-likeness (QED) is 0.680. The van der Waals surface area contributed by atoms with Crippen LogP contribution in [0.1, 0.15) is 18.9 Å². The number of nitrogens with zero attached hydrogens (tertiary/aromatic N) is 2. The molecule has 0 saturated carbocycles. The lowest BCUT2D eigenvalue weighted by molar-refractivity contribution is 0.482. The molecule has 2 aromatic rings. The Morgan fingerprint density at radius 1 is 1.32 bits per heavy atom. The van der Waals surface area contributed by atoms with Crippen LogP contribution in [-0.4, -0.2) is 21.0 Å². The zero-order valence-electron chi connectivity index (χ0n) is 13.6. The molecule has 0 fully saturated rings. The van der Waals surface area contributed by atoms with Crippen molar-refractivity contribution in [3.63, 3.8) is 0 Å². The molecule has 1 aromatic carbocycles. The van der Waals surface area contributed by atoms with Crippen LogP contribution in [0.3, 0.4) is 0 Å². The molecule has 0 bridgehead atoms. The van der Waals surface area contributed by atoms with Gasteiger partial charge in [-0.1, -0.05) is 35.5 Å². The summed E-state index contributed by atoms with van der Waals surface area (Å²) in [6, 6.07) is 11.6. The van der Waals surface area contributed by atoms with E-state index < -0.39 is 0 Å². The lowest BCUT2D eigenvalue weighted by Crippen LogP contribution is -2.29. The second kappa shape index (κ2) is 7.59. The summed E-state index contributed by atoms with van der Waals surface area (Å²) in [5.74, 6) is 1.60. The van der Waals surface area contributed by atoms with Gasteiger partial charge in [-0.3, -0.25) is 4.99 Å². The predicted molar refractivity (Wildman–Crippen MR) is 112 cm³/mol. The Labute approximate surface area is 161 Å². The summed E-state index contributed by atoms with van der Waals surface area (Å²) in [6.45, 7) is 2.10. The largest absolute Gasteiger partial charge is 0.379 e. The molecule has 1 aromatic heterocycles. The summed E-state index contributed by atoms with van der Waals surface area (Å²) in [4.78, 5) is 8.81. The first-order valence-corrected chi connectivity index (χ1v) is 9.50. The van der Waals surface area contributed by atoms with E-state index in [2.05, 4.69) is 39.7 Å². The van der Waals surface area contributed by atoms with E-state index in [1.165, 1.54) is 0 Å². The van der Waals surface area contributed by atoms with Crippen molar-refractivity contribution in [1.29, 1.82) is 0 Å². The zero-order chi connectivity index (χ0) is 17.9. The van der Waals surface area contributed by atoms with Gasteiger partial charge < -0.3 is 16.4 Å². The number of thiocarbonyl (C=S) groups is 1. The number of hydrogen-bond acceptors (Lipinski definition) is 5. The van der Waals surface area contributed by atoms with E-state index in [4.69, 9.17) is 29.6 Å². The Hall–Kier alpha value is -1.83. The summed E-state index contributed by atoms with van der Waals surface area (Å²) >= 11 is 12.8. The van der Waals surface area contributed by atoms with E-state index in [-0.39, 0.29) is 5.54 Å². The minimum atomic E-state index is -0.306. The maximum atomic E-state index is 5.91. The van der Waals surface area contributed by atoms with Crippen LogP contribution in [0.4, 0.5) is 11.5 Å². The Morgan fingerprint density at radius 3 is 2.88 bits per heavy atom. The molecule has 0 amide bonds. The predicted octanol–water partition coefficient (Wildman–Crippen LogP) is 4.21. The molecule has 130 valence electrons. The van der Waals surface area contributed by atoms with Crippen LogP contribution in [0.2, 0.25) is 5.02 Å². The van der Waals surface area contributed by atoms with Crippen LogP contribution < -0.4 is 16.4 Å². The van der Waals surface area contributed by atoms with Crippen molar-refractivity contribution >= 4 is 57.4 Å². The molecular weight excluding hydrogens is 374 g/mol. The fourth-order valence-corrected chi connectivity index (χ4v) is 3.86. The van der Waals surface area contributed by atoms with Crippen molar-refractivity contribution in [3.8, 4) is 0 Å². The molecule has 1 unspecified atom stereocenters. The van der Waals surface area contributed by atoms with Crippen molar-refractivity contribution in [2.45, 2.75) is 18.9 Å². The molecule has 0 saturated heterocycles. The second-order valence-electron chi connectivity index (χ2n) is 5.84. The van der Waals surface area contributed by atoms with Crippen molar-refractivity contribution in [2.24, 2.45) is 10.7 Å². The van der Waals surface area contributed by atoms with E-state index in [1.807, 2.05) is 12.1 Å². The monoisotopic (exact) mass is 391 g/mol. The molecule has 2 heterocycles. The number of hydrogen-bond donors (Lipinski definition) is 3. The van der Waals surface area contributed by atoms with E-state index in [0.29, 0.717) is 21.1 Å². The van der Waals surface area contributed by atoms with Crippen LogP contribution in [0.25, 0.3) is 0 Å². The standard InChI is InChI=1S/C17H18ClN5S2/c1-17(7-8-25-15(19)23-17)11-3-2-4-13(9-11)21-16(24)22-14-6-5-12(18)10-20-14/h2-6,9-10H,7-8H2,1H3,(H2,19,23)(H2,20,21,22,24). The number of pyridine rings is 1. The highest BCUT2D eigenvalue weighted by Gasteiger charge is 2.29. The van der Waals surface area contributed by atoms with Gasteiger partial charge in [0.1, 0.15) is 5.82 Å². The average Bonchev–Trinajstić information content (AvgIpc) is 2.57. The Morgan fingerprint density at radius 2 is 2.16 bits per heavy atom. The van der Waals surface area contributed by atoms with Crippen LogP contribution in [0.15, 0.2) is 47.6 Å². The summed E-state index contributed by atoms with van der Waals surface area (Å²) in [6.07, 6.45) is 2.51. The minimum Gasteiger partial charge on any atom is -0.379 e. The maximum absolute atomic E-state index is 5.91. The molecule has 1 atom stereocenters. The van der Waals surface area contributed by atoms with Gasteiger partial charge in [-0.25, -0.2) is 4.98 Å². The fourth-order valence-electron chi connectivity index (χ4n) is 2.55. The summed E-state index contributed by atoms with van der Waals surface area (Å²) in [5.41, 5.74) is 7.60. The highest BCUT2D eigenvalue weighted by molar-refractivity contribution is 8.13. The first-order chi connectivity index (χ1) is 11.9. The molecule has 3 rings (SSSR count). The van der Waals surface area contributed by atoms with Gasteiger partial charge in [-0.2, -0.15) is 0 Å². The molecule has 8 heteroatoms. The first kappa shape index (κ1) is 18.0. The van der Waals surface area contributed by atoms with E-state index >= 15 is 0 Å². The topological polar surface area (TPSA) is 75.3 Å². The SMILES string of the molecule is CC1(c2cccc(NC(=S)Nc3ccc(Cl)cn3)c2)CCSC(N)=N1. The molecular formula is C17H18ClN5S2. The first-order valence-electron chi connectivity index (χ1n) is 7.73. The van der Waals surface area contributed by atoms with Gasteiger partial charge in [-0.05, 0) is 55.4 Å². The van der Waals surface area contributed by atoms with E-state index in [1.54, 1.807) is 30.1 Å². The summed E-state index contributed by atoms with van der Waals surface area (Å²) in [7, 11) is 0. The fraction of sp³-hybridized carbons (Fsp3) is 0.235. The van der Waals surface area contributed by atoms with Gasteiger partial charge in [0.05, 0.1) is 10.6 Å². The number of halogens is 1. The van der Waals surface area contributed by atoms with Crippen molar-refractivity contribution in [1.82, 2.24) is 4.98 Å². The van der Waals surface area contributed by atoms with Crippen molar-refractivity contribution in [2.75, 3.05) is 16.4 Å². The number of nitrogens with two attached hydrogens (primary N) is 1. The normalized spacial score (nSPS) is 19.8. The lowest BCUT2D eigenvalue weighted by Gasteiger charge is -2.30. The van der Waals surface area contributed by atoms with Crippen LogP contribution in [0, 0.1) is 0 Å². The highest BCUT2D eigenvalue weighted by atomic mass is 35.5. The Bertz CT molecular complexity index is 809. The minimum absolute atomic E-state index is 0.306. The number of rotatable bonds is 3. The second-order valence-corrected chi connectivity index (χ2v) is 7.80. The van der Waals surface area contributed by atoms with E-state index in [9.17, 15) is 0 Å². The number of anilines is 2. The van der Waals surface area contributed by atoms with Crippen LogP contribution in [-0.2, 0) is 5.54 Å². The van der Waals surface area contributed by atoms with Crippen LogP contribution in [0.5, 0.6) is 0 Å². The Balaban J connectivity index is 1.72. The number of benzene rings is 1. The average molecular weight is 392 g/mol. The number of nitrogens with one attached hydrogen (secondary N) is 2. The molecule has 5 nitrogen and oxygen atoms in total. The summed E-state index contributed by atoms with van der Waals surface area (Å²) < 4.78 is 0. The molecule has 1 aliphatic heterocycles. The third-order valence-electron chi connectivity index (χ3n) is 3.91. The highest BCUT2D eigenvalue weighted by Crippen LogP contribution is 2.35. The Kier molecular flexibility index (Phi) is 5.46. The van der Waals surface area contributed by atoms with Crippen LogP contribution >= 0.6 is 35.6 Å². The van der Waals surface area contributed by atoms with Gasteiger partial charge in [-0.15, -0.1) is 0 Å². The van der Waals surface area contributed by atoms with E-state index in [0.717, 1.165) is 23.4 Å². The lowest BCUT2D eigenvalue weighted by atomic mass is 9.89. The molecule has 1 aliphatic rings.